The van der Waals surface area contributed by atoms with Crippen molar-refractivity contribution < 1.29 is 8.42 Å². The van der Waals surface area contributed by atoms with Crippen LogP contribution in [0.2, 0.25) is 0 Å². The van der Waals surface area contributed by atoms with Crippen LogP contribution in [0, 0.1) is 23.2 Å². The van der Waals surface area contributed by atoms with E-state index in [1.54, 1.807) is 28.6 Å². The molecular weight excluding hydrogens is 286 g/mol. The molecule has 0 aliphatic carbocycles. The van der Waals surface area contributed by atoms with E-state index in [1.807, 2.05) is 13.0 Å². The van der Waals surface area contributed by atoms with E-state index in [9.17, 15) is 8.42 Å². The van der Waals surface area contributed by atoms with Gasteiger partial charge in [-0.05, 0) is 49.5 Å². The molecule has 2 aliphatic heterocycles. The van der Waals surface area contributed by atoms with Crippen molar-refractivity contribution in [3.05, 3.63) is 35.4 Å². The van der Waals surface area contributed by atoms with Crippen molar-refractivity contribution in [3.63, 3.8) is 0 Å². The van der Waals surface area contributed by atoms with Gasteiger partial charge in [0.2, 0.25) is 10.0 Å². The number of nitriles is 1. The molecule has 1 aromatic rings. The second-order valence-corrected chi connectivity index (χ2v) is 7.88. The summed E-state index contributed by atoms with van der Waals surface area (Å²) in [6.07, 6.45) is 0. The lowest BCUT2D eigenvalue weighted by atomic mass is 9.95. The lowest BCUT2D eigenvalue weighted by molar-refractivity contribution is 0.360. The van der Waals surface area contributed by atoms with Gasteiger partial charge in [-0.15, -0.1) is 0 Å². The van der Waals surface area contributed by atoms with Crippen molar-refractivity contribution in [1.82, 2.24) is 9.62 Å². The molecule has 1 aromatic carbocycles. The summed E-state index contributed by atoms with van der Waals surface area (Å²) < 4.78 is 26.9. The van der Waals surface area contributed by atoms with Gasteiger partial charge in [0.05, 0.1) is 17.4 Å². The minimum atomic E-state index is -3.30. The normalized spacial score (nSPS) is 29.2. The Hall–Kier alpha value is -1.42. The van der Waals surface area contributed by atoms with Crippen molar-refractivity contribution in [2.24, 2.45) is 11.8 Å². The van der Waals surface area contributed by atoms with Crippen LogP contribution in [-0.2, 0) is 15.8 Å². The summed E-state index contributed by atoms with van der Waals surface area (Å²) in [5, 5.41) is 12.1. The van der Waals surface area contributed by atoms with E-state index < -0.39 is 10.0 Å². The van der Waals surface area contributed by atoms with Gasteiger partial charge < -0.3 is 5.32 Å². The molecule has 2 fully saturated rings. The number of nitrogens with zero attached hydrogens (tertiary/aromatic N) is 2. The zero-order valence-corrected chi connectivity index (χ0v) is 12.8. The van der Waals surface area contributed by atoms with Crippen LogP contribution in [0.5, 0.6) is 0 Å². The van der Waals surface area contributed by atoms with Crippen LogP contribution in [0.25, 0.3) is 0 Å². The molecule has 21 heavy (non-hydrogen) atoms. The first-order chi connectivity index (χ1) is 10.0. The SMILES string of the molecule is CC1C2CNCC2CN1S(=O)(=O)Cc1ccc(C#N)cc1. The maximum atomic E-state index is 12.6. The van der Waals surface area contributed by atoms with E-state index in [1.165, 1.54) is 0 Å². The van der Waals surface area contributed by atoms with E-state index in [0.717, 1.165) is 18.7 Å². The topological polar surface area (TPSA) is 73.2 Å². The number of hydrogen-bond donors (Lipinski definition) is 1. The third-order valence-corrected chi connectivity index (χ3v) is 6.56. The number of fused-ring (bicyclic) bond motifs is 1. The predicted octanol–water partition coefficient (Wildman–Crippen LogP) is 0.928. The highest BCUT2D eigenvalue weighted by Gasteiger charge is 2.46. The second kappa shape index (κ2) is 5.41. The molecule has 3 unspecified atom stereocenters. The first-order valence-corrected chi connectivity index (χ1v) is 8.81. The van der Waals surface area contributed by atoms with E-state index in [2.05, 4.69) is 5.32 Å². The summed E-state index contributed by atoms with van der Waals surface area (Å²) >= 11 is 0. The number of rotatable bonds is 3. The fraction of sp³-hybridized carbons (Fsp3) is 0.533. The third-order valence-electron chi connectivity index (χ3n) is 4.67. The van der Waals surface area contributed by atoms with Gasteiger partial charge in [-0.1, -0.05) is 12.1 Å². The van der Waals surface area contributed by atoms with Crippen molar-refractivity contribution >= 4 is 10.0 Å². The molecule has 2 saturated heterocycles. The van der Waals surface area contributed by atoms with Crippen molar-refractivity contribution in [3.8, 4) is 6.07 Å². The Bertz CT molecular complexity index is 663. The van der Waals surface area contributed by atoms with Crippen molar-refractivity contribution in [1.29, 1.82) is 5.26 Å². The molecule has 3 rings (SSSR count). The Labute approximate surface area is 125 Å². The van der Waals surface area contributed by atoms with Gasteiger partial charge in [0.25, 0.3) is 0 Å². The van der Waals surface area contributed by atoms with Gasteiger partial charge in [0.15, 0.2) is 0 Å². The molecule has 0 radical (unpaired) electrons. The van der Waals surface area contributed by atoms with Gasteiger partial charge in [-0.3, -0.25) is 0 Å². The molecule has 0 spiro atoms. The first kappa shape index (κ1) is 14.5. The molecule has 5 nitrogen and oxygen atoms in total. The maximum absolute atomic E-state index is 12.6. The van der Waals surface area contributed by atoms with Crippen LogP contribution >= 0.6 is 0 Å². The number of sulfonamides is 1. The predicted molar refractivity (Wildman–Crippen MR) is 79.8 cm³/mol. The number of hydrogen-bond acceptors (Lipinski definition) is 4. The van der Waals surface area contributed by atoms with Gasteiger partial charge in [-0.2, -0.15) is 9.57 Å². The molecule has 6 heteroatoms. The van der Waals surface area contributed by atoms with Crippen LogP contribution in [0.3, 0.4) is 0 Å². The van der Waals surface area contributed by atoms with Gasteiger partial charge in [0.1, 0.15) is 0 Å². The Morgan fingerprint density at radius 3 is 2.67 bits per heavy atom. The molecule has 0 bridgehead atoms. The maximum Gasteiger partial charge on any atom is 0.218 e. The zero-order chi connectivity index (χ0) is 15.0. The monoisotopic (exact) mass is 305 g/mol. The van der Waals surface area contributed by atoms with Crippen LogP contribution in [-0.4, -0.2) is 38.4 Å². The van der Waals surface area contributed by atoms with E-state index >= 15 is 0 Å². The molecule has 0 amide bonds. The Morgan fingerprint density at radius 1 is 1.33 bits per heavy atom. The van der Waals surface area contributed by atoms with Crippen LogP contribution in [0.15, 0.2) is 24.3 Å². The van der Waals surface area contributed by atoms with Crippen molar-refractivity contribution in [2.75, 3.05) is 19.6 Å². The summed E-state index contributed by atoms with van der Waals surface area (Å²) in [6.45, 7) is 4.46. The van der Waals surface area contributed by atoms with Crippen LogP contribution in [0.4, 0.5) is 0 Å². The van der Waals surface area contributed by atoms with Crippen LogP contribution < -0.4 is 5.32 Å². The van der Waals surface area contributed by atoms with Gasteiger partial charge >= 0.3 is 0 Å². The average molecular weight is 305 g/mol. The van der Waals surface area contributed by atoms with E-state index in [-0.39, 0.29) is 11.8 Å². The molecule has 0 saturated carbocycles. The summed E-state index contributed by atoms with van der Waals surface area (Å²) in [5.41, 5.74) is 1.28. The quantitative estimate of drug-likeness (QED) is 0.901. The molecule has 2 aliphatic rings. The summed E-state index contributed by atoms with van der Waals surface area (Å²) in [6, 6.07) is 8.87. The highest BCUT2D eigenvalue weighted by atomic mass is 32.2. The minimum Gasteiger partial charge on any atom is -0.316 e. The largest absolute Gasteiger partial charge is 0.316 e. The molecule has 112 valence electrons. The summed E-state index contributed by atoms with van der Waals surface area (Å²) in [5.74, 6) is 0.882. The van der Waals surface area contributed by atoms with Gasteiger partial charge in [-0.25, -0.2) is 8.42 Å². The zero-order valence-electron chi connectivity index (χ0n) is 12.0. The second-order valence-electron chi connectivity index (χ2n) is 5.96. The fourth-order valence-electron chi connectivity index (χ4n) is 3.46. The smallest absolute Gasteiger partial charge is 0.218 e. The first-order valence-electron chi connectivity index (χ1n) is 7.20. The molecule has 1 N–H and O–H groups in total. The van der Waals surface area contributed by atoms with E-state index in [4.69, 9.17) is 5.26 Å². The fourth-order valence-corrected chi connectivity index (χ4v) is 5.33. The molecule has 0 aromatic heterocycles. The summed E-state index contributed by atoms with van der Waals surface area (Å²) in [4.78, 5) is 0. The molecule has 3 atom stereocenters. The van der Waals surface area contributed by atoms with Crippen molar-refractivity contribution in [2.45, 2.75) is 18.7 Å². The Balaban J connectivity index is 1.76. The highest BCUT2D eigenvalue weighted by Crippen LogP contribution is 2.34. The van der Waals surface area contributed by atoms with Crippen LogP contribution in [0.1, 0.15) is 18.1 Å². The van der Waals surface area contributed by atoms with E-state index in [0.29, 0.717) is 23.9 Å². The Kier molecular flexibility index (Phi) is 3.74. The number of benzene rings is 1. The standard InChI is InChI=1S/C15H19N3O2S/c1-11-15-8-17-7-14(15)9-18(11)21(19,20)10-13-4-2-12(6-16)3-5-13/h2-5,11,14-15,17H,7-10H2,1H3. The minimum absolute atomic E-state index is 0.00984. The van der Waals surface area contributed by atoms with Gasteiger partial charge in [0, 0.05) is 12.6 Å². The lowest BCUT2D eigenvalue weighted by Gasteiger charge is -2.23. The average Bonchev–Trinajstić information content (AvgIpc) is 3.03. The third kappa shape index (κ3) is 2.69. The highest BCUT2D eigenvalue weighted by molar-refractivity contribution is 7.88. The lowest BCUT2D eigenvalue weighted by Crippen LogP contribution is -2.38. The summed E-state index contributed by atoms with van der Waals surface area (Å²) in [7, 11) is -3.30. The molecular formula is C15H19N3O2S. The molecule has 2 heterocycles. The Morgan fingerprint density at radius 2 is 2.05 bits per heavy atom. The number of nitrogens with one attached hydrogen (secondary N) is 1.